The number of carbonyl (C=O) groups excluding carboxylic acids is 2. The molecule has 1 N–H and O–H groups in total. The summed E-state index contributed by atoms with van der Waals surface area (Å²) in [7, 11) is 0. The van der Waals surface area contributed by atoms with Gasteiger partial charge in [-0.05, 0) is 51.5 Å². The summed E-state index contributed by atoms with van der Waals surface area (Å²) < 4.78 is 5.08. The molecule has 0 saturated carbocycles. The minimum absolute atomic E-state index is 0.194. The van der Waals surface area contributed by atoms with E-state index in [9.17, 15) is 9.59 Å². The highest BCUT2D eigenvalue weighted by Gasteiger charge is 2.14. The second kappa shape index (κ2) is 6.76. The molecule has 0 aromatic heterocycles. The van der Waals surface area contributed by atoms with Crippen molar-refractivity contribution in [3.8, 4) is 11.8 Å². The molecule has 20 heavy (non-hydrogen) atoms. The molecule has 4 nitrogen and oxygen atoms in total. The van der Waals surface area contributed by atoms with Gasteiger partial charge in [0, 0.05) is 11.1 Å². The van der Waals surface area contributed by atoms with Crippen molar-refractivity contribution >= 4 is 12.4 Å². The van der Waals surface area contributed by atoms with Crippen molar-refractivity contribution in [2.75, 3.05) is 6.54 Å². The SMILES string of the molecule is Cc1cc(C#CCNC(=O)OC(C)(C)C)cc(C=O)c1. The van der Waals surface area contributed by atoms with E-state index in [2.05, 4.69) is 17.2 Å². The van der Waals surface area contributed by atoms with E-state index in [-0.39, 0.29) is 6.54 Å². The fourth-order valence-electron chi connectivity index (χ4n) is 1.53. The highest BCUT2D eigenvalue weighted by molar-refractivity contribution is 5.76. The van der Waals surface area contributed by atoms with Crippen LogP contribution in [-0.2, 0) is 4.74 Å². The Bertz CT molecular complexity index is 559. The molecular formula is C16H19NO3. The summed E-state index contributed by atoms with van der Waals surface area (Å²) in [6, 6.07) is 5.38. The summed E-state index contributed by atoms with van der Waals surface area (Å²) in [5.41, 5.74) is 1.79. The van der Waals surface area contributed by atoms with Crippen molar-refractivity contribution in [1.82, 2.24) is 5.32 Å². The van der Waals surface area contributed by atoms with Crippen molar-refractivity contribution in [1.29, 1.82) is 0 Å². The van der Waals surface area contributed by atoms with E-state index < -0.39 is 11.7 Å². The lowest BCUT2D eigenvalue weighted by Gasteiger charge is -2.19. The van der Waals surface area contributed by atoms with Gasteiger partial charge in [0.15, 0.2) is 0 Å². The Morgan fingerprint density at radius 1 is 1.35 bits per heavy atom. The normalized spacial score (nSPS) is 10.2. The molecule has 0 bridgehead atoms. The second-order valence-electron chi connectivity index (χ2n) is 5.41. The summed E-state index contributed by atoms with van der Waals surface area (Å²) in [4.78, 5) is 22.1. The number of carbonyl (C=O) groups is 2. The summed E-state index contributed by atoms with van der Waals surface area (Å²) in [5.74, 6) is 5.72. The molecule has 1 amide bonds. The fraction of sp³-hybridized carbons (Fsp3) is 0.375. The lowest BCUT2D eigenvalue weighted by molar-refractivity contribution is 0.0535. The summed E-state index contributed by atoms with van der Waals surface area (Å²) in [5, 5.41) is 2.55. The first kappa shape index (κ1) is 15.8. The molecule has 4 heteroatoms. The van der Waals surface area contributed by atoms with Crippen LogP contribution < -0.4 is 5.32 Å². The Labute approximate surface area is 119 Å². The zero-order valence-corrected chi connectivity index (χ0v) is 12.2. The first-order valence-corrected chi connectivity index (χ1v) is 6.33. The van der Waals surface area contributed by atoms with Gasteiger partial charge in [-0.3, -0.25) is 4.79 Å². The predicted molar refractivity (Wildman–Crippen MR) is 77.7 cm³/mol. The third-order valence-corrected chi connectivity index (χ3v) is 2.19. The van der Waals surface area contributed by atoms with Crippen LogP contribution in [-0.4, -0.2) is 24.5 Å². The maximum atomic E-state index is 11.4. The smallest absolute Gasteiger partial charge is 0.408 e. The molecule has 0 aliphatic carbocycles. The number of ether oxygens (including phenoxy) is 1. The van der Waals surface area contributed by atoms with E-state index in [1.807, 2.05) is 13.0 Å². The Morgan fingerprint density at radius 2 is 2.05 bits per heavy atom. The predicted octanol–water partition coefficient (Wildman–Crippen LogP) is 2.68. The average Bonchev–Trinajstić information content (AvgIpc) is 2.32. The molecule has 0 fully saturated rings. The Kier molecular flexibility index (Phi) is 5.33. The number of benzene rings is 1. The molecule has 0 spiro atoms. The van der Waals surface area contributed by atoms with Crippen LogP contribution in [0.5, 0.6) is 0 Å². The standard InChI is InChI=1S/C16H19NO3/c1-12-8-13(10-14(9-12)11-18)6-5-7-17-15(19)20-16(2,3)4/h8-11H,7H2,1-4H3,(H,17,19). The minimum Gasteiger partial charge on any atom is -0.444 e. The zero-order chi connectivity index (χ0) is 15.2. The topological polar surface area (TPSA) is 55.4 Å². The second-order valence-corrected chi connectivity index (χ2v) is 5.41. The van der Waals surface area contributed by atoms with Crippen molar-refractivity contribution in [2.45, 2.75) is 33.3 Å². The van der Waals surface area contributed by atoms with E-state index in [4.69, 9.17) is 4.74 Å². The lowest BCUT2D eigenvalue weighted by atomic mass is 10.1. The maximum Gasteiger partial charge on any atom is 0.408 e. The molecule has 106 valence electrons. The molecule has 0 radical (unpaired) electrons. The van der Waals surface area contributed by atoms with Crippen LogP contribution in [0.3, 0.4) is 0 Å². The first-order chi connectivity index (χ1) is 9.30. The molecule has 0 unspecified atom stereocenters. The van der Waals surface area contributed by atoms with E-state index in [0.717, 1.165) is 17.4 Å². The highest BCUT2D eigenvalue weighted by atomic mass is 16.6. The quantitative estimate of drug-likeness (QED) is 0.666. The molecule has 1 aromatic rings. The number of alkyl carbamates (subject to hydrolysis) is 1. The molecule has 1 aromatic carbocycles. The van der Waals surface area contributed by atoms with Crippen LogP contribution in [0.4, 0.5) is 4.79 Å². The number of hydrogen-bond donors (Lipinski definition) is 1. The number of nitrogens with one attached hydrogen (secondary N) is 1. The van der Waals surface area contributed by atoms with Crippen molar-refractivity contribution in [3.05, 3.63) is 34.9 Å². The van der Waals surface area contributed by atoms with Crippen LogP contribution in [0.1, 0.15) is 42.3 Å². The molecule has 0 saturated heterocycles. The minimum atomic E-state index is -0.521. The van der Waals surface area contributed by atoms with E-state index in [0.29, 0.717) is 5.56 Å². The maximum absolute atomic E-state index is 11.4. The van der Waals surface area contributed by atoms with Crippen molar-refractivity contribution in [3.63, 3.8) is 0 Å². The van der Waals surface area contributed by atoms with Gasteiger partial charge in [0.1, 0.15) is 11.9 Å². The Morgan fingerprint density at radius 3 is 2.65 bits per heavy atom. The van der Waals surface area contributed by atoms with Gasteiger partial charge in [0.25, 0.3) is 0 Å². The van der Waals surface area contributed by atoms with Crippen LogP contribution in [0.2, 0.25) is 0 Å². The molecule has 0 atom stereocenters. The van der Waals surface area contributed by atoms with Crippen LogP contribution in [0.25, 0.3) is 0 Å². The van der Waals surface area contributed by atoms with Crippen molar-refractivity contribution < 1.29 is 14.3 Å². The van der Waals surface area contributed by atoms with Crippen molar-refractivity contribution in [2.24, 2.45) is 0 Å². The van der Waals surface area contributed by atoms with Gasteiger partial charge in [0.2, 0.25) is 0 Å². The van der Waals surface area contributed by atoms with Gasteiger partial charge in [-0.25, -0.2) is 4.79 Å². The fourth-order valence-corrected chi connectivity index (χ4v) is 1.53. The average molecular weight is 273 g/mol. The van der Waals surface area contributed by atoms with Crippen LogP contribution in [0.15, 0.2) is 18.2 Å². The van der Waals surface area contributed by atoms with Gasteiger partial charge >= 0.3 is 6.09 Å². The van der Waals surface area contributed by atoms with Gasteiger partial charge in [-0.2, -0.15) is 0 Å². The van der Waals surface area contributed by atoms with Crippen LogP contribution in [0, 0.1) is 18.8 Å². The summed E-state index contributed by atoms with van der Waals surface area (Å²) in [6.45, 7) is 7.49. The van der Waals surface area contributed by atoms with E-state index in [1.54, 1.807) is 32.9 Å². The third-order valence-electron chi connectivity index (χ3n) is 2.19. The first-order valence-electron chi connectivity index (χ1n) is 6.33. The number of rotatable bonds is 2. The molecule has 0 aliphatic heterocycles. The molecule has 0 aliphatic rings. The molecule has 0 heterocycles. The van der Waals surface area contributed by atoms with Crippen LogP contribution >= 0.6 is 0 Å². The molecule has 1 rings (SSSR count). The highest BCUT2D eigenvalue weighted by Crippen LogP contribution is 2.07. The monoisotopic (exact) mass is 273 g/mol. The largest absolute Gasteiger partial charge is 0.444 e. The van der Waals surface area contributed by atoms with Gasteiger partial charge < -0.3 is 10.1 Å². The van der Waals surface area contributed by atoms with Gasteiger partial charge in [-0.15, -0.1) is 0 Å². The van der Waals surface area contributed by atoms with Gasteiger partial charge in [0.05, 0.1) is 6.54 Å². The zero-order valence-electron chi connectivity index (χ0n) is 12.2. The van der Waals surface area contributed by atoms with Gasteiger partial charge in [-0.1, -0.05) is 11.8 Å². The van der Waals surface area contributed by atoms with E-state index in [1.165, 1.54) is 0 Å². The summed E-state index contributed by atoms with van der Waals surface area (Å²) in [6.07, 6.45) is 0.293. The van der Waals surface area contributed by atoms with E-state index >= 15 is 0 Å². The lowest BCUT2D eigenvalue weighted by Crippen LogP contribution is -2.32. The molecular weight excluding hydrogens is 254 g/mol. The summed E-state index contributed by atoms with van der Waals surface area (Å²) >= 11 is 0. The number of aldehydes is 1. The number of hydrogen-bond acceptors (Lipinski definition) is 3. The Balaban J connectivity index is 2.57. The Hall–Kier alpha value is -2.28. The number of aryl methyl sites for hydroxylation is 1. The third kappa shape index (κ3) is 6.05. The number of amides is 1.